The zero-order valence-corrected chi connectivity index (χ0v) is 12.3. The molecule has 102 valence electrons. The molecule has 0 unspecified atom stereocenters. The summed E-state index contributed by atoms with van der Waals surface area (Å²) in [7, 11) is 2.06. The maximum absolute atomic E-state index is 9.29. The molecule has 1 aliphatic heterocycles. The summed E-state index contributed by atoms with van der Waals surface area (Å²) < 4.78 is 1.89. The first kappa shape index (κ1) is 13.2. The van der Waals surface area contributed by atoms with Crippen LogP contribution in [0.2, 0.25) is 5.02 Å². The molecule has 2 heterocycles. The van der Waals surface area contributed by atoms with E-state index >= 15 is 0 Å². The number of nitriles is 1. The van der Waals surface area contributed by atoms with Gasteiger partial charge >= 0.3 is 0 Å². The Morgan fingerprint density at radius 3 is 2.95 bits per heavy atom. The van der Waals surface area contributed by atoms with Crippen molar-refractivity contribution in [2.24, 2.45) is 0 Å². The molecule has 4 nitrogen and oxygen atoms in total. The third-order valence-corrected chi connectivity index (χ3v) is 4.23. The highest BCUT2D eigenvalue weighted by atomic mass is 35.5. The second-order valence-corrected chi connectivity index (χ2v) is 5.58. The number of rotatable bonds is 1. The van der Waals surface area contributed by atoms with Crippen LogP contribution in [-0.2, 0) is 13.0 Å². The molecule has 0 saturated carbocycles. The van der Waals surface area contributed by atoms with E-state index in [0.717, 1.165) is 47.0 Å². The molecule has 0 saturated heterocycles. The van der Waals surface area contributed by atoms with Gasteiger partial charge in [-0.25, -0.2) is 4.68 Å². The number of benzene rings is 1. The van der Waals surface area contributed by atoms with Crippen molar-refractivity contribution < 1.29 is 0 Å². The van der Waals surface area contributed by atoms with Gasteiger partial charge in [-0.15, -0.1) is 0 Å². The highest BCUT2D eigenvalue weighted by Crippen LogP contribution is 2.28. The van der Waals surface area contributed by atoms with Gasteiger partial charge < -0.3 is 4.90 Å². The van der Waals surface area contributed by atoms with Crippen molar-refractivity contribution >= 4 is 11.6 Å². The standard InChI is InChI=1S/C15H15ClN4/c1-10-12(16)4-3-5-14(10)20-15-6-7-19(2)9-11(15)13(8-17)18-20/h3-5H,6-7,9H2,1-2H3. The summed E-state index contributed by atoms with van der Waals surface area (Å²) in [6, 6.07) is 7.99. The Balaban J connectivity index is 2.21. The van der Waals surface area contributed by atoms with Gasteiger partial charge in [0.05, 0.1) is 11.4 Å². The highest BCUT2D eigenvalue weighted by Gasteiger charge is 2.24. The van der Waals surface area contributed by atoms with Gasteiger partial charge in [0.25, 0.3) is 0 Å². The van der Waals surface area contributed by atoms with Gasteiger partial charge in [0.2, 0.25) is 0 Å². The van der Waals surface area contributed by atoms with E-state index in [4.69, 9.17) is 11.6 Å². The predicted octanol–water partition coefficient (Wildman–Crippen LogP) is 2.69. The maximum Gasteiger partial charge on any atom is 0.167 e. The number of likely N-dealkylation sites (N-methyl/N-ethyl adjacent to an activating group) is 1. The number of hydrogen-bond acceptors (Lipinski definition) is 3. The largest absolute Gasteiger partial charge is 0.302 e. The fourth-order valence-corrected chi connectivity index (χ4v) is 2.84. The molecule has 1 aromatic heterocycles. The lowest BCUT2D eigenvalue weighted by Gasteiger charge is -2.23. The second-order valence-electron chi connectivity index (χ2n) is 5.17. The summed E-state index contributed by atoms with van der Waals surface area (Å²) in [5.41, 5.74) is 4.64. The molecule has 0 atom stereocenters. The summed E-state index contributed by atoms with van der Waals surface area (Å²) in [6.07, 6.45) is 0.895. The molecule has 1 aromatic carbocycles. The van der Waals surface area contributed by atoms with Crippen LogP contribution in [0.1, 0.15) is 22.5 Å². The quantitative estimate of drug-likeness (QED) is 0.810. The van der Waals surface area contributed by atoms with Crippen LogP contribution in [0.15, 0.2) is 18.2 Å². The average Bonchev–Trinajstić information content (AvgIpc) is 2.79. The Morgan fingerprint density at radius 2 is 2.20 bits per heavy atom. The molecule has 0 aliphatic carbocycles. The maximum atomic E-state index is 9.29. The molecule has 3 rings (SSSR count). The molecule has 0 amide bonds. The van der Waals surface area contributed by atoms with Gasteiger partial charge in [-0.1, -0.05) is 17.7 Å². The first-order valence-electron chi connectivity index (χ1n) is 6.56. The molecule has 0 bridgehead atoms. The van der Waals surface area contributed by atoms with Crippen LogP contribution in [-0.4, -0.2) is 28.3 Å². The molecule has 2 aromatic rings. The minimum atomic E-state index is 0.519. The number of aromatic nitrogens is 2. The van der Waals surface area contributed by atoms with Crippen molar-refractivity contribution in [3.8, 4) is 11.8 Å². The molecule has 0 N–H and O–H groups in total. The van der Waals surface area contributed by atoms with E-state index in [9.17, 15) is 5.26 Å². The lowest BCUT2D eigenvalue weighted by Crippen LogP contribution is -2.27. The molecular weight excluding hydrogens is 272 g/mol. The number of nitrogens with zero attached hydrogens (tertiary/aromatic N) is 4. The van der Waals surface area contributed by atoms with Crippen LogP contribution < -0.4 is 0 Å². The smallest absolute Gasteiger partial charge is 0.167 e. The zero-order valence-electron chi connectivity index (χ0n) is 11.5. The Bertz CT molecular complexity index is 711. The van der Waals surface area contributed by atoms with Gasteiger partial charge in [-0.3, -0.25) is 0 Å². The number of halogens is 1. The van der Waals surface area contributed by atoms with E-state index in [1.807, 2.05) is 29.8 Å². The van der Waals surface area contributed by atoms with Crippen LogP contribution in [0.3, 0.4) is 0 Å². The molecule has 1 aliphatic rings. The van der Waals surface area contributed by atoms with Crippen molar-refractivity contribution in [1.29, 1.82) is 5.26 Å². The summed E-state index contributed by atoms with van der Waals surface area (Å²) in [6.45, 7) is 3.73. The summed E-state index contributed by atoms with van der Waals surface area (Å²) in [4.78, 5) is 2.21. The molecular formula is C15H15ClN4. The predicted molar refractivity (Wildman–Crippen MR) is 78.1 cm³/mol. The summed E-state index contributed by atoms with van der Waals surface area (Å²) >= 11 is 6.20. The van der Waals surface area contributed by atoms with Crippen molar-refractivity contribution in [2.45, 2.75) is 19.9 Å². The first-order valence-corrected chi connectivity index (χ1v) is 6.94. The fraction of sp³-hybridized carbons (Fsp3) is 0.333. The lowest BCUT2D eigenvalue weighted by molar-refractivity contribution is 0.310. The van der Waals surface area contributed by atoms with Gasteiger partial charge in [0.1, 0.15) is 6.07 Å². The van der Waals surface area contributed by atoms with Crippen molar-refractivity contribution in [3.05, 3.63) is 45.7 Å². The van der Waals surface area contributed by atoms with E-state index in [0.29, 0.717) is 5.69 Å². The zero-order chi connectivity index (χ0) is 14.3. The van der Waals surface area contributed by atoms with Crippen LogP contribution in [0.5, 0.6) is 0 Å². The lowest BCUT2D eigenvalue weighted by atomic mass is 10.1. The van der Waals surface area contributed by atoms with Crippen LogP contribution >= 0.6 is 11.6 Å². The Kier molecular flexibility index (Phi) is 3.25. The van der Waals surface area contributed by atoms with Crippen molar-refractivity contribution in [1.82, 2.24) is 14.7 Å². The third-order valence-electron chi connectivity index (χ3n) is 3.82. The van der Waals surface area contributed by atoms with E-state index in [1.165, 1.54) is 0 Å². The minimum Gasteiger partial charge on any atom is -0.302 e. The topological polar surface area (TPSA) is 44.9 Å². The first-order chi connectivity index (χ1) is 9.61. The number of fused-ring (bicyclic) bond motifs is 1. The van der Waals surface area contributed by atoms with Gasteiger partial charge in [-0.2, -0.15) is 10.4 Å². The van der Waals surface area contributed by atoms with E-state index in [1.54, 1.807) is 0 Å². The Labute approximate surface area is 123 Å². The van der Waals surface area contributed by atoms with E-state index in [-0.39, 0.29) is 0 Å². The number of hydrogen-bond donors (Lipinski definition) is 0. The van der Waals surface area contributed by atoms with Crippen molar-refractivity contribution in [3.63, 3.8) is 0 Å². The molecule has 5 heteroatoms. The highest BCUT2D eigenvalue weighted by molar-refractivity contribution is 6.31. The van der Waals surface area contributed by atoms with E-state index < -0.39 is 0 Å². The van der Waals surface area contributed by atoms with Crippen LogP contribution in [0.4, 0.5) is 0 Å². The van der Waals surface area contributed by atoms with Gasteiger partial charge in [-0.05, 0) is 31.7 Å². The van der Waals surface area contributed by atoms with Crippen molar-refractivity contribution in [2.75, 3.05) is 13.6 Å². The van der Waals surface area contributed by atoms with Gasteiger partial charge in [0.15, 0.2) is 5.69 Å². The fourth-order valence-electron chi connectivity index (χ4n) is 2.67. The molecule has 0 spiro atoms. The summed E-state index contributed by atoms with van der Waals surface area (Å²) in [5, 5.41) is 14.5. The monoisotopic (exact) mass is 286 g/mol. The molecule has 0 radical (unpaired) electrons. The normalized spacial score (nSPS) is 14.9. The Morgan fingerprint density at radius 1 is 1.40 bits per heavy atom. The van der Waals surface area contributed by atoms with Gasteiger partial charge in [0, 0.05) is 30.1 Å². The third kappa shape index (κ3) is 2.00. The Hall–Kier alpha value is -1.83. The second kappa shape index (κ2) is 4.93. The SMILES string of the molecule is Cc1c(Cl)cccc1-n1nc(C#N)c2c1CCN(C)C2. The minimum absolute atomic E-state index is 0.519. The van der Waals surface area contributed by atoms with Crippen LogP contribution in [0.25, 0.3) is 5.69 Å². The van der Waals surface area contributed by atoms with E-state index in [2.05, 4.69) is 23.1 Å². The van der Waals surface area contributed by atoms with Crippen LogP contribution in [0, 0.1) is 18.3 Å². The average molecular weight is 287 g/mol. The molecule has 20 heavy (non-hydrogen) atoms. The molecule has 0 fully saturated rings. The summed E-state index contributed by atoms with van der Waals surface area (Å²) in [5.74, 6) is 0.